The van der Waals surface area contributed by atoms with Crippen molar-refractivity contribution in [2.75, 3.05) is 6.61 Å². The van der Waals surface area contributed by atoms with Crippen molar-refractivity contribution in [3.63, 3.8) is 0 Å². The summed E-state index contributed by atoms with van der Waals surface area (Å²) in [6.07, 6.45) is 28.1. The normalized spacial score (nSPS) is 13.8. The Morgan fingerprint density at radius 1 is 0.579 bits per heavy atom. The number of aliphatic hydroxyl groups excluding tert-OH is 2. The first kappa shape index (κ1) is 37.1. The van der Waals surface area contributed by atoms with Crippen molar-refractivity contribution in [1.82, 2.24) is 0 Å². The molecule has 0 rings (SSSR count). The maximum Gasteiger partial charge on any atom is 0.345 e. The van der Waals surface area contributed by atoms with E-state index in [2.05, 4.69) is 20.8 Å². The number of aliphatic hydroxyl groups is 2. The second-order valence-corrected chi connectivity index (χ2v) is 11.6. The van der Waals surface area contributed by atoms with Crippen LogP contribution >= 0.6 is 0 Å². The number of ether oxygens (including phenoxy) is 1. The molecule has 0 saturated heterocycles. The quantitative estimate of drug-likeness (QED) is 0.0587. The molecule has 0 saturated carbocycles. The van der Waals surface area contributed by atoms with E-state index in [-0.39, 0.29) is 5.92 Å². The molecular formula is C33H64O5. The van der Waals surface area contributed by atoms with Gasteiger partial charge in [-0.15, -0.1) is 0 Å². The number of carbonyl (C=O) groups is 2. The van der Waals surface area contributed by atoms with Gasteiger partial charge in [-0.25, -0.2) is 4.79 Å². The van der Waals surface area contributed by atoms with Crippen LogP contribution in [0.3, 0.4) is 0 Å². The van der Waals surface area contributed by atoms with Gasteiger partial charge in [0, 0.05) is 0 Å². The van der Waals surface area contributed by atoms with Crippen molar-refractivity contribution in [3.8, 4) is 0 Å². The SMILES string of the molecule is CCCCCCCCCCCCCCCCCCCCC(CC(CC)CCCC)C(=O)OC(=O)C(O)CO. The van der Waals surface area contributed by atoms with Crippen LogP contribution in [0.25, 0.3) is 0 Å². The molecule has 226 valence electrons. The lowest BCUT2D eigenvalue weighted by molar-refractivity contribution is -0.170. The number of hydrogen-bond acceptors (Lipinski definition) is 5. The van der Waals surface area contributed by atoms with Crippen LogP contribution in [0.4, 0.5) is 0 Å². The first-order chi connectivity index (χ1) is 18.5. The number of carbonyl (C=O) groups excluding carboxylic acids is 2. The Morgan fingerprint density at radius 3 is 1.39 bits per heavy atom. The maximum absolute atomic E-state index is 12.7. The van der Waals surface area contributed by atoms with E-state index in [1.807, 2.05) is 0 Å². The van der Waals surface area contributed by atoms with Gasteiger partial charge in [-0.05, 0) is 18.8 Å². The molecule has 5 nitrogen and oxygen atoms in total. The summed E-state index contributed by atoms with van der Waals surface area (Å²) in [6.45, 7) is 5.87. The Balaban J connectivity index is 3.97. The standard InChI is InChI=1S/C33H64O5/c1-4-7-9-10-11-12-13-14-15-16-17-18-19-20-21-22-23-24-26-30(27-29(6-3)25-8-5-2)32(36)38-33(37)31(35)28-34/h29-31,34-35H,4-28H2,1-3H3. The van der Waals surface area contributed by atoms with Crippen LogP contribution in [-0.4, -0.2) is 34.9 Å². The van der Waals surface area contributed by atoms with E-state index in [0.717, 1.165) is 51.4 Å². The summed E-state index contributed by atoms with van der Waals surface area (Å²) in [6, 6.07) is 0. The monoisotopic (exact) mass is 540 g/mol. The predicted octanol–water partition coefficient (Wildman–Crippen LogP) is 9.06. The zero-order chi connectivity index (χ0) is 28.3. The molecule has 2 N–H and O–H groups in total. The zero-order valence-electron chi connectivity index (χ0n) is 25.5. The molecule has 0 aliphatic heterocycles. The molecule has 0 aliphatic carbocycles. The molecule has 0 aromatic carbocycles. The fraction of sp³-hybridized carbons (Fsp3) is 0.939. The van der Waals surface area contributed by atoms with Crippen molar-refractivity contribution < 1.29 is 24.5 Å². The Labute approximate surface area is 235 Å². The Bertz CT molecular complexity index is 535. The highest BCUT2D eigenvalue weighted by Crippen LogP contribution is 2.27. The summed E-state index contributed by atoms with van der Waals surface area (Å²) >= 11 is 0. The zero-order valence-corrected chi connectivity index (χ0v) is 25.5. The van der Waals surface area contributed by atoms with Crippen LogP contribution < -0.4 is 0 Å². The minimum atomic E-state index is -1.65. The van der Waals surface area contributed by atoms with Gasteiger partial charge >= 0.3 is 11.9 Å². The average Bonchev–Trinajstić information content (AvgIpc) is 2.92. The molecule has 0 aromatic rings. The van der Waals surface area contributed by atoms with Crippen molar-refractivity contribution in [2.24, 2.45) is 11.8 Å². The van der Waals surface area contributed by atoms with Crippen LogP contribution in [0.5, 0.6) is 0 Å². The number of rotatable bonds is 28. The fourth-order valence-electron chi connectivity index (χ4n) is 5.33. The second-order valence-electron chi connectivity index (χ2n) is 11.6. The van der Waals surface area contributed by atoms with Crippen LogP contribution in [0.15, 0.2) is 0 Å². The summed E-state index contributed by atoms with van der Waals surface area (Å²) in [5.41, 5.74) is 0. The summed E-state index contributed by atoms with van der Waals surface area (Å²) in [5, 5.41) is 18.4. The lowest BCUT2D eigenvalue weighted by Gasteiger charge is -2.21. The van der Waals surface area contributed by atoms with Gasteiger partial charge in [-0.2, -0.15) is 0 Å². The Kier molecular flexibility index (Phi) is 26.9. The topological polar surface area (TPSA) is 83.8 Å². The molecule has 0 spiro atoms. The largest absolute Gasteiger partial charge is 0.393 e. The highest BCUT2D eigenvalue weighted by molar-refractivity contribution is 5.88. The van der Waals surface area contributed by atoms with E-state index in [1.54, 1.807) is 0 Å². The van der Waals surface area contributed by atoms with E-state index in [0.29, 0.717) is 5.92 Å². The first-order valence-electron chi connectivity index (χ1n) is 16.5. The van der Waals surface area contributed by atoms with E-state index < -0.39 is 24.6 Å². The third-order valence-corrected chi connectivity index (χ3v) is 8.05. The minimum Gasteiger partial charge on any atom is -0.393 e. The molecular weight excluding hydrogens is 476 g/mol. The molecule has 0 aromatic heterocycles. The lowest BCUT2D eigenvalue weighted by atomic mass is 9.86. The Hall–Kier alpha value is -0.940. The second kappa shape index (κ2) is 27.6. The highest BCUT2D eigenvalue weighted by Gasteiger charge is 2.27. The van der Waals surface area contributed by atoms with Gasteiger partial charge in [0.1, 0.15) is 0 Å². The summed E-state index contributed by atoms with van der Waals surface area (Å²) < 4.78 is 4.91. The van der Waals surface area contributed by atoms with Gasteiger partial charge in [0.05, 0.1) is 12.5 Å². The minimum absolute atomic E-state index is 0.312. The number of unbranched alkanes of at least 4 members (excludes halogenated alkanes) is 18. The van der Waals surface area contributed by atoms with Gasteiger partial charge in [0.15, 0.2) is 6.10 Å². The van der Waals surface area contributed by atoms with Crippen molar-refractivity contribution >= 4 is 11.9 Å². The van der Waals surface area contributed by atoms with Gasteiger partial charge in [0.25, 0.3) is 0 Å². The lowest BCUT2D eigenvalue weighted by Crippen LogP contribution is -2.32. The van der Waals surface area contributed by atoms with Gasteiger partial charge in [0.2, 0.25) is 0 Å². The first-order valence-corrected chi connectivity index (χ1v) is 16.5. The molecule has 3 unspecified atom stereocenters. The predicted molar refractivity (Wildman–Crippen MR) is 159 cm³/mol. The molecule has 38 heavy (non-hydrogen) atoms. The number of esters is 2. The van der Waals surface area contributed by atoms with Gasteiger partial charge < -0.3 is 14.9 Å². The van der Waals surface area contributed by atoms with Crippen molar-refractivity contribution in [1.29, 1.82) is 0 Å². The smallest absolute Gasteiger partial charge is 0.345 e. The average molecular weight is 541 g/mol. The molecule has 0 heterocycles. The third kappa shape index (κ3) is 21.9. The van der Waals surface area contributed by atoms with Crippen LogP contribution in [0.1, 0.15) is 175 Å². The number of hydrogen-bond donors (Lipinski definition) is 2. The third-order valence-electron chi connectivity index (χ3n) is 8.05. The van der Waals surface area contributed by atoms with Crippen LogP contribution in [0.2, 0.25) is 0 Å². The molecule has 0 amide bonds. The van der Waals surface area contributed by atoms with Gasteiger partial charge in [-0.1, -0.05) is 162 Å². The molecule has 5 heteroatoms. The molecule has 3 atom stereocenters. The van der Waals surface area contributed by atoms with E-state index in [1.165, 1.54) is 103 Å². The summed E-state index contributed by atoms with van der Waals surface area (Å²) in [4.78, 5) is 24.5. The molecule has 0 bridgehead atoms. The molecule has 0 radical (unpaired) electrons. The maximum atomic E-state index is 12.7. The fourth-order valence-corrected chi connectivity index (χ4v) is 5.33. The van der Waals surface area contributed by atoms with Crippen LogP contribution in [0, 0.1) is 11.8 Å². The molecule has 0 fully saturated rings. The van der Waals surface area contributed by atoms with E-state index in [9.17, 15) is 14.7 Å². The van der Waals surface area contributed by atoms with Gasteiger partial charge in [-0.3, -0.25) is 4.79 Å². The van der Waals surface area contributed by atoms with Crippen molar-refractivity contribution in [3.05, 3.63) is 0 Å². The van der Waals surface area contributed by atoms with Crippen LogP contribution in [-0.2, 0) is 14.3 Å². The summed E-state index contributed by atoms with van der Waals surface area (Å²) in [7, 11) is 0. The van der Waals surface area contributed by atoms with E-state index in [4.69, 9.17) is 9.84 Å². The highest BCUT2D eigenvalue weighted by atomic mass is 16.6. The molecule has 0 aliphatic rings. The summed E-state index contributed by atoms with van der Waals surface area (Å²) in [5.74, 6) is -1.44. The van der Waals surface area contributed by atoms with E-state index >= 15 is 0 Å². The Morgan fingerprint density at radius 2 is 1.00 bits per heavy atom. The van der Waals surface area contributed by atoms with Crippen molar-refractivity contribution in [2.45, 2.75) is 181 Å².